The molecule has 5 heteroatoms. The molecule has 0 spiro atoms. The number of rotatable bonds is 10. The third kappa shape index (κ3) is 7.27. The van der Waals surface area contributed by atoms with Gasteiger partial charge < -0.3 is 4.74 Å². The van der Waals surface area contributed by atoms with E-state index in [1.54, 1.807) is 22.8 Å². The van der Waals surface area contributed by atoms with Crippen LogP contribution < -0.4 is 9.30 Å². The molecular weight excluding hydrogens is 769 g/mol. The molecule has 0 saturated heterocycles. The zero-order valence-electron chi connectivity index (χ0n) is 46.2. The van der Waals surface area contributed by atoms with E-state index >= 15 is 0 Å². The van der Waals surface area contributed by atoms with Gasteiger partial charge >= 0.3 is 0 Å². The zero-order chi connectivity index (χ0) is 51.9. The Hall–Kier alpha value is -7.24. The van der Waals surface area contributed by atoms with Gasteiger partial charge in [-0.25, -0.2) is 4.98 Å². The van der Waals surface area contributed by atoms with Gasteiger partial charge in [-0.1, -0.05) is 144 Å². The van der Waals surface area contributed by atoms with Crippen LogP contribution in [0.25, 0.3) is 72.3 Å². The van der Waals surface area contributed by atoms with Crippen molar-refractivity contribution >= 4 is 32.8 Å². The fourth-order valence-electron chi connectivity index (χ4n) is 8.80. The second-order valence-corrected chi connectivity index (χ2v) is 17.0. The lowest BCUT2D eigenvalue weighted by molar-refractivity contribution is -0.571. The first-order chi connectivity index (χ1) is 34.8. The molecule has 63 heavy (non-hydrogen) atoms. The number of nitrogens with zero attached hydrogens (tertiary/aromatic N) is 4. The predicted octanol–water partition coefficient (Wildman–Crippen LogP) is 14.8. The van der Waals surface area contributed by atoms with E-state index in [9.17, 15) is 0 Å². The SMILES string of the molecule is [2H]c1c([2H])c([2H])c(-c2cccc(-c3c([2H])c([2H])c([2H])c([2H])c3[2H])c2-[n+]2[c-]n(-c3cccc(Oc4ccc5c6cc(C(C)(C)C)ccc6n(-c6cc(C(CC)CC)ccn6)c5c4)c3)c3cccc(C)c32)c([2H])c1[2H]. The van der Waals surface area contributed by atoms with Crippen LogP contribution in [0.3, 0.4) is 0 Å². The molecule has 0 aliphatic rings. The lowest BCUT2D eigenvalue weighted by Gasteiger charge is -2.19. The standard InChI is InChI=1S/C58H52N4O/c1-7-40(8-2)43-32-33-59-55(34-43)62-52-31-28-44(58(4,5)6)35-51(52)50-30-29-47(37-54(50)62)63-46-24-16-23-45(36-46)60-38-61(56-39(3)18-15-27-53(56)60)57-48(41-19-11-9-12-20-41)25-17-26-49(57)42-21-13-10-14-22-42/h9-37,40H,7-8H2,1-6H3/i9D,10D,11D,12D,13D,14D,19D,20D,21D,22D. The number of imidazole rings is 1. The van der Waals surface area contributed by atoms with Crippen LogP contribution in [-0.4, -0.2) is 14.1 Å². The first kappa shape index (κ1) is 29.9. The Balaban J connectivity index is 1.16. The van der Waals surface area contributed by atoms with Crippen molar-refractivity contribution in [2.45, 2.75) is 65.7 Å². The summed E-state index contributed by atoms with van der Waals surface area (Å²) in [6, 6.07) is 30.0. The van der Waals surface area contributed by atoms with Crippen LogP contribution in [0.1, 0.15) is 83.8 Å². The number of ether oxygens (including phenoxy) is 1. The Bertz CT molecular complexity index is 3740. The van der Waals surface area contributed by atoms with Crippen LogP contribution in [0.2, 0.25) is 0 Å². The van der Waals surface area contributed by atoms with Crippen molar-refractivity contribution in [3.63, 3.8) is 0 Å². The topological polar surface area (TPSA) is 35.9 Å². The second kappa shape index (κ2) is 16.2. The maximum atomic E-state index is 9.07. The van der Waals surface area contributed by atoms with Crippen molar-refractivity contribution in [2.75, 3.05) is 0 Å². The summed E-state index contributed by atoms with van der Waals surface area (Å²) in [7, 11) is 0. The number of aryl methyl sites for hydroxylation is 1. The minimum absolute atomic E-state index is 0.0644. The minimum atomic E-state index is -0.563. The summed E-state index contributed by atoms with van der Waals surface area (Å²) >= 11 is 0. The fourth-order valence-corrected chi connectivity index (χ4v) is 8.80. The number of hydrogen-bond acceptors (Lipinski definition) is 2. The van der Waals surface area contributed by atoms with Gasteiger partial charge in [0.1, 0.15) is 17.3 Å². The van der Waals surface area contributed by atoms with E-state index in [1.807, 2.05) is 66.2 Å². The average molecular weight is 831 g/mol. The van der Waals surface area contributed by atoms with Gasteiger partial charge in [0.25, 0.3) is 6.33 Å². The highest BCUT2D eigenvalue weighted by atomic mass is 16.5. The zero-order valence-corrected chi connectivity index (χ0v) is 36.2. The molecule has 7 aromatic carbocycles. The third-order valence-corrected chi connectivity index (χ3v) is 12.1. The number of para-hydroxylation sites is 2. The van der Waals surface area contributed by atoms with Crippen molar-refractivity contribution < 1.29 is 23.0 Å². The van der Waals surface area contributed by atoms with Crippen LogP contribution in [0, 0.1) is 13.3 Å². The van der Waals surface area contributed by atoms with Gasteiger partial charge in [-0.05, 0) is 125 Å². The van der Waals surface area contributed by atoms with E-state index in [4.69, 9.17) is 23.4 Å². The van der Waals surface area contributed by atoms with E-state index in [0.717, 1.165) is 46.0 Å². The van der Waals surface area contributed by atoms with Gasteiger partial charge in [0.2, 0.25) is 0 Å². The summed E-state index contributed by atoms with van der Waals surface area (Å²) in [4.78, 5) is 4.93. The molecule has 0 unspecified atom stereocenters. The number of hydrogen-bond donors (Lipinski definition) is 0. The third-order valence-electron chi connectivity index (χ3n) is 12.1. The highest BCUT2D eigenvalue weighted by molar-refractivity contribution is 6.09. The second-order valence-electron chi connectivity index (χ2n) is 17.0. The molecule has 310 valence electrons. The predicted molar refractivity (Wildman–Crippen MR) is 260 cm³/mol. The van der Waals surface area contributed by atoms with E-state index < -0.39 is 60.4 Å². The number of fused-ring (bicyclic) bond motifs is 4. The molecule has 0 bridgehead atoms. The Morgan fingerprint density at radius 2 is 1.37 bits per heavy atom. The van der Waals surface area contributed by atoms with Crippen molar-refractivity contribution in [2.24, 2.45) is 0 Å². The molecule has 0 radical (unpaired) electrons. The summed E-state index contributed by atoms with van der Waals surface area (Å²) in [6.45, 7) is 13.0. The van der Waals surface area contributed by atoms with Gasteiger partial charge in [0.05, 0.1) is 47.1 Å². The molecule has 0 fully saturated rings. The molecule has 0 aliphatic heterocycles. The summed E-state index contributed by atoms with van der Waals surface area (Å²) in [6.07, 6.45) is 7.44. The number of pyridine rings is 1. The molecular formula is C58H52N4O. The van der Waals surface area contributed by atoms with Gasteiger partial charge in [-0.3, -0.25) is 13.7 Å². The van der Waals surface area contributed by atoms with Crippen LogP contribution in [0.15, 0.2) is 176 Å². The molecule has 3 heterocycles. The van der Waals surface area contributed by atoms with Gasteiger partial charge in [0.15, 0.2) is 0 Å². The number of benzene rings is 7. The van der Waals surface area contributed by atoms with Crippen LogP contribution in [0.5, 0.6) is 11.5 Å². The summed E-state index contributed by atoms with van der Waals surface area (Å²) < 4.78 is 100.0. The lowest BCUT2D eigenvalue weighted by atomic mass is 9.86. The van der Waals surface area contributed by atoms with E-state index in [2.05, 4.69) is 88.0 Å². The fraction of sp³-hybridized carbons (Fsp3) is 0.172. The molecule has 0 saturated carbocycles. The van der Waals surface area contributed by atoms with Crippen molar-refractivity contribution in [1.82, 2.24) is 14.1 Å². The molecule has 0 aliphatic carbocycles. The Morgan fingerprint density at radius 1 is 0.683 bits per heavy atom. The van der Waals surface area contributed by atoms with Gasteiger partial charge in [-0.2, -0.15) is 0 Å². The van der Waals surface area contributed by atoms with Crippen LogP contribution in [0.4, 0.5) is 0 Å². The maximum absolute atomic E-state index is 9.07. The first-order valence-corrected chi connectivity index (χ1v) is 21.4. The molecule has 5 nitrogen and oxygen atoms in total. The van der Waals surface area contributed by atoms with Gasteiger partial charge in [-0.15, -0.1) is 0 Å². The van der Waals surface area contributed by atoms with Gasteiger partial charge in [0, 0.05) is 23.0 Å². The molecule has 0 amide bonds. The Labute approximate surface area is 384 Å². The van der Waals surface area contributed by atoms with E-state index in [0.29, 0.717) is 34.1 Å². The minimum Gasteiger partial charge on any atom is -0.458 e. The highest BCUT2D eigenvalue weighted by Crippen LogP contribution is 2.39. The molecule has 10 aromatic rings. The molecule has 0 atom stereocenters. The van der Waals surface area contributed by atoms with Crippen LogP contribution >= 0.6 is 0 Å². The van der Waals surface area contributed by atoms with E-state index in [-0.39, 0.29) is 33.4 Å². The van der Waals surface area contributed by atoms with Crippen molar-refractivity contribution in [3.8, 4) is 50.9 Å². The highest BCUT2D eigenvalue weighted by Gasteiger charge is 2.23. The normalized spacial score (nSPS) is 14.1. The first-order valence-electron chi connectivity index (χ1n) is 26.4. The van der Waals surface area contributed by atoms with Crippen molar-refractivity contribution in [3.05, 3.63) is 199 Å². The average Bonchev–Trinajstić information content (AvgIpc) is 3.93. The molecule has 0 N–H and O–H groups in total. The van der Waals surface area contributed by atoms with Crippen LogP contribution in [-0.2, 0) is 5.41 Å². The molecule has 10 rings (SSSR count). The lowest BCUT2D eigenvalue weighted by Crippen LogP contribution is -2.32. The monoisotopic (exact) mass is 830 g/mol. The summed E-state index contributed by atoms with van der Waals surface area (Å²) in [5.41, 5.74) is 7.37. The van der Waals surface area contributed by atoms with E-state index in [1.165, 1.54) is 11.1 Å². The smallest absolute Gasteiger partial charge is 0.269 e. The largest absolute Gasteiger partial charge is 0.458 e. The summed E-state index contributed by atoms with van der Waals surface area (Å²) in [5.74, 6) is 2.36. The quantitative estimate of drug-likeness (QED) is 0.102. The number of aromatic nitrogens is 4. The Morgan fingerprint density at radius 3 is 2.06 bits per heavy atom. The summed E-state index contributed by atoms with van der Waals surface area (Å²) in [5, 5.41) is 2.18. The molecule has 3 aromatic heterocycles. The van der Waals surface area contributed by atoms with Crippen molar-refractivity contribution in [1.29, 1.82) is 0 Å². The Kier molecular flexibility index (Phi) is 7.71. The maximum Gasteiger partial charge on any atom is 0.269 e.